The van der Waals surface area contributed by atoms with Gasteiger partial charge in [0, 0.05) is 11.1 Å². The summed E-state index contributed by atoms with van der Waals surface area (Å²) in [5.41, 5.74) is 0.0285. The van der Waals surface area contributed by atoms with E-state index in [2.05, 4.69) is 26.7 Å². The van der Waals surface area contributed by atoms with Gasteiger partial charge in [-0.05, 0) is 32.8 Å². The van der Waals surface area contributed by atoms with E-state index in [1.165, 1.54) is 12.1 Å². The van der Waals surface area contributed by atoms with Crippen LogP contribution in [-0.4, -0.2) is 34.2 Å². The fourth-order valence-corrected chi connectivity index (χ4v) is 4.18. The number of benzene rings is 1. The van der Waals surface area contributed by atoms with Gasteiger partial charge in [0.25, 0.3) is 6.43 Å². The maximum atomic E-state index is 14.7. The Hall–Kier alpha value is -3.45. The van der Waals surface area contributed by atoms with Gasteiger partial charge in [0.05, 0.1) is 47.7 Å². The predicted octanol–water partition coefficient (Wildman–Crippen LogP) is 4.95. The second kappa shape index (κ2) is 8.40. The molecule has 2 N–H and O–H groups in total. The first kappa shape index (κ1) is 22.3. The van der Waals surface area contributed by atoms with E-state index in [1.54, 1.807) is 13.8 Å². The van der Waals surface area contributed by atoms with Gasteiger partial charge in [0.1, 0.15) is 23.3 Å². The lowest BCUT2D eigenvalue weighted by molar-refractivity contribution is 0.0209. The maximum Gasteiger partial charge on any atom is 0.266 e. The molecule has 2 aromatic heterocycles. The quantitative estimate of drug-likeness (QED) is 0.507. The van der Waals surface area contributed by atoms with Crippen molar-refractivity contribution in [2.75, 3.05) is 23.8 Å². The summed E-state index contributed by atoms with van der Waals surface area (Å²) in [6.07, 6.45) is -1.46. The molecule has 3 heterocycles. The number of aryl methyl sites for hydroxylation is 1. The summed E-state index contributed by atoms with van der Waals surface area (Å²) in [5.74, 6) is 0.510. The molecular formula is C24H23F3N6O. The van der Waals surface area contributed by atoms with Gasteiger partial charge in [-0.15, -0.1) is 0 Å². The molecule has 1 saturated heterocycles. The number of pyridine rings is 1. The largest absolute Gasteiger partial charge is 0.377 e. The Morgan fingerprint density at radius 1 is 1.15 bits per heavy atom. The van der Waals surface area contributed by atoms with E-state index < -0.39 is 29.3 Å². The van der Waals surface area contributed by atoms with Crippen LogP contribution < -0.4 is 10.6 Å². The first-order chi connectivity index (χ1) is 16.3. The third-order valence-corrected chi connectivity index (χ3v) is 6.37. The Balaban J connectivity index is 1.57. The van der Waals surface area contributed by atoms with Crippen molar-refractivity contribution in [3.8, 4) is 6.07 Å². The Kier molecular flexibility index (Phi) is 5.52. The van der Waals surface area contributed by atoms with Gasteiger partial charge in [0.2, 0.25) is 0 Å². The summed E-state index contributed by atoms with van der Waals surface area (Å²) in [7, 11) is 0. The highest BCUT2D eigenvalue weighted by atomic mass is 19.3. The lowest BCUT2D eigenvalue weighted by Crippen LogP contribution is -2.41. The number of nitrogens with one attached hydrogen (secondary N) is 2. The molecule has 0 bridgehead atoms. The fourth-order valence-electron chi connectivity index (χ4n) is 4.18. The summed E-state index contributed by atoms with van der Waals surface area (Å²) in [6, 6.07) is 7.69. The van der Waals surface area contributed by atoms with Gasteiger partial charge in [-0.3, -0.25) is 0 Å². The highest BCUT2D eigenvalue weighted by Gasteiger charge is 2.47. The number of hydrogen-bond donors (Lipinski definition) is 2. The number of anilines is 2. The topological polar surface area (TPSA) is 95.8 Å². The number of nitrogens with zero attached hydrogens (tertiary/aromatic N) is 4. The molecule has 0 spiro atoms. The molecule has 1 aliphatic heterocycles. The molecule has 1 atom stereocenters. The SMILES string of the molecule is Cc1nc(N[C@H](C)c2cccc(C(F)F)c2F)c2cc(C3(C#N)CC3)c(NC3COC3)nc2n1. The zero-order valence-corrected chi connectivity index (χ0v) is 18.7. The average molecular weight is 468 g/mol. The zero-order valence-electron chi connectivity index (χ0n) is 18.7. The monoisotopic (exact) mass is 468 g/mol. The van der Waals surface area contributed by atoms with Gasteiger partial charge < -0.3 is 15.4 Å². The van der Waals surface area contributed by atoms with E-state index in [9.17, 15) is 18.4 Å². The van der Waals surface area contributed by atoms with Crippen molar-refractivity contribution in [2.45, 2.75) is 50.6 Å². The minimum atomic E-state index is -2.91. The minimum absolute atomic E-state index is 0.106. The van der Waals surface area contributed by atoms with Crippen molar-refractivity contribution < 1.29 is 17.9 Å². The third-order valence-electron chi connectivity index (χ3n) is 6.37. The van der Waals surface area contributed by atoms with Gasteiger partial charge >= 0.3 is 0 Å². The Morgan fingerprint density at radius 2 is 1.88 bits per heavy atom. The summed E-state index contributed by atoms with van der Waals surface area (Å²) >= 11 is 0. The Morgan fingerprint density at radius 3 is 2.50 bits per heavy atom. The smallest absolute Gasteiger partial charge is 0.266 e. The van der Waals surface area contributed by atoms with Crippen LogP contribution in [0.3, 0.4) is 0 Å². The van der Waals surface area contributed by atoms with Crippen LogP contribution >= 0.6 is 0 Å². The molecule has 7 nitrogen and oxygen atoms in total. The molecule has 1 aliphatic carbocycles. The number of hydrogen-bond acceptors (Lipinski definition) is 7. The molecule has 176 valence electrons. The van der Waals surface area contributed by atoms with E-state index in [0.717, 1.165) is 24.5 Å². The van der Waals surface area contributed by atoms with Crippen molar-refractivity contribution in [2.24, 2.45) is 0 Å². The van der Waals surface area contributed by atoms with Crippen LogP contribution in [0.4, 0.5) is 24.8 Å². The molecule has 2 aliphatic rings. The molecular weight excluding hydrogens is 445 g/mol. The molecule has 3 aromatic rings. The standard InChI is InChI=1S/C24H23F3N6O/c1-12(15-4-3-5-16(19(15)25)20(26)27)29-21-17-8-18(24(11-28)6-7-24)23(32-14-9-34-10-14)33-22(17)31-13(2)30-21/h3-5,8,12,14,20H,6-7,9-10H2,1-2H3,(H2,29,30,31,32,33)/t12-/m1/s1. The van der Waals surface area contributed by atoms with Crippen LogP contribution in [0.1, 0.15) is 54.7 Å². The number of ether oxygens (including phenoxy) is 1. The maximum absolute atomic E-state index is 14.7. The molecule has 34 heavy (non-hydrogen) atoms. The molecule has 0 unspecified atom stereocenters. The number of rotatable bonds is 7. The van der Waals surface area contributed by atoms with Crippen molar-refractivity contribution in [3.05, 3.63) is 52.6 Å². The number of alkyl halides is 2. The molecule has 0 amide bonds. The number of nitriles is 1. The van der Waals surface area contributed by atoms with Crippen molar-refractivity contribution in [1.82, 2.24) is 15.0 Å². The van der Waals surface area contributed by atoms with Gasteiger partial charge in [0.15, 0.2) is 5.65 Å². The second-order valence-corrected chi connectivity index (χ2v) is 8.86. The lowest BCUT2D eigenvalue weighted by Gasteiger charge is -2.29. The Bertz CT molecular complexity index is 1300. The minimum Gasteiger partial charge on any atom is -0.377 e. The molecule has 0 radical (unpaired) electrons. The van der Waals surface area contributed by atoms with Crippen LogP contribution in [0, 0.1) is 24.1 Å². The van der Waals surface area contributed by atoms with Crippen molar-refractivity contribution in [3.63, 3.8) is 0 Å². The number of fused-ring (bicyclic) bond motifs is 1. The van der Waals surface area contributed by atoms with Gasteiger partial charge in [-0.25, -0.2) is 28.1 Å². The van der Waals surface area contributed by atoms with E-state index >= 15 is 0 Å². The number of aromatic nitrogens is 3. The van der Waals surface area contributed by atoms with Gasteiger partial charge in [-0.2, -0.15) is 5.26 Å². The lowest BCUT2D eigenvalue weighted by atomic mass is 9.96. The zero-order chi connectivity index (χ0) is 24.0. The highest BCUT2D eigenvalue weighted by molar-refractivity contribution is 5.89. The summed E-state index contributed by atoms with van der Waals surface area (Å²) in [5, 5.41) is 16.9. The molecule has 1 aromatic carbocycles. The van der Waals surface area contributed by atoms with E-state index in [1.807, 2.05) is 6.07 Å². The van der Waals surface area contributed by atoms with E-state index in [-0.39, 0.29) is 11.6 Å². The van der Waals surface area contributed by atoms with Gasteiger partial charge in [-0.1, -0.05) is 18.2 Å². The highest BCUT2D eigenvalue weighted by Crippen LogP contribution is 2.50. The third kappa shape index (κ3) is 3.90. The average Bonchev–Trinajstić information content (AvgIpc) is 3.56. The first-order valence-electron chi connectivity index (χ1n) is 11.1. The van der Waals surface area contributed by atoms with E-state index in [0.29, 0.717) is 41.7 Å². The predicted molar refractivity (Wildman–Crippen MR) is 120 cm³/mol. The first-order valence-corrected chi connectivity index (χ1v) is 11.1. The van der Waals surface area contributed by atoms with Crippen LogP contribution in [0.15, 0.2) is 24.3 Å². The molecule has 10 heteroatoms. The number of halogens is 3. The summed E-state index contributed by atoms with van der Waals surface area (Å²) < 4.78 is 46.4. The van der Waals surface area contributed by atoms with Crippen molar-refractivity contribution in [1.29, 1.82) is 5.26 Å². The van der Waals surface area contributed by atoms with Crippen molar-refractivity contribution >= 4 is 22.7 Å². The van der Waals surface area contributed by atoms with Crippen LogP contribution in [0.5, 0.6) is 0 Å². The molecule has 5 rings (SSSR count). The Labute approximate surface area is 194 Å². The fraction of sp³-hybridized carbons (Fsp3) is 0.417. The summed E-state index contributed by atoms with van der Waals surface area (Å²) in [4.78, 5) is 13.7. The molecule has 1 saturated carbocycles. The van der Waals surface area contributed by atoms with Crippen LogP contribution in [-0.2, 0) is 10.2 Å². The summed E-state index contributed by atoms with van der Waals surface area (Å²) in [6.45, 7) is 4.52. The molecule has 2 fully saturated rings. The normalized spacial score (nSPS) is 17.8. The second-order valence-electron chi connectivity index (χ2n) is 8.86. The van der Waals surface area contributed by atoms with Crippen LogP contribution in [0.25, 0.3) is 11.0 Å². The van der Waals surface area contributed by atoms with E-state index in [4.69, 9.17) is 9.72 Å². The van der Waals surface area contributed by atoms with Crippen LogP contribution in [0.2, 0.25) is 0 Å².